The van der Waals surface area contributed by atoms with Crippen molar-refractivity contribution < 1.29 is 19.4 Å². The normalized spacial score (nSPS) is 7.80. The van der Waals surface area contributed by atoms with Crippen LogP contribution in [-0.2, 0) is 9.59 Å². The largest absolute Gasteiger partial charge is 0.478 e. The zero-order valence-electron chi connectivity index (χ0n) is 10.9. The van der Waals surface area contributed by atoms with Gasteiger partial charge in [-0.25, -0.2) is 4.79 Å². The monoisotopic (exact) mass is 272 g/mol. The molecule has 104 valence electrons. The first-order valence-electron chi connectivity index (χ1n) is 5.71. The molecular formula is C16H16O4. The van der Waals surface area contributed by atoms with Crippen molar-refractivity contribution in [3.63, 3.8) is 0 Å². The lowest BCUT2D eigenvalue weighted by Gasteiger charge is -1.92. The Morgan fingerprint density at radius 1 is 0.950 bits per heavy atom. The molecule has 20 heavy (non-hydrogen) atoms. The average Bonchev–Trinajstić information content (AvgIpc) is 2.51. The van der Waals surface area contributed by atoms with Crippen molar-refractivity contribution in [2.75, 3.05) is 0 Å². The van der Waals surface area contributed by atoms with Gasteiger partial charge in [-0.15, -0.1) is 0 Å². The second-order valence-electron chi connectivity index (χ2n) is 3.22. The van der Waals surface area contributed by atoms with E-state index in [1.807, 2.05) is 42.5 Å². The van der Waals surface area contributed by atoms with Crippen LogP contribution in [0.25, 0.3) is 0 Å². The van der Waals surface area contributed by atoms with Gasteiger partial charge in [-0.05, 0) is 12.1 Å². The van der Waals surface area contributed by atoms with Gasteiger partial charge in [0, 0.05) is 6.08 Å². The third-order valence-electron chi connectivity index (χ3n) is 1.77. The topological polar surface area (TPSA) is 63.6 Å². The molecule has 0 fully saturated rings. The van der Waals surface area contributed by atoms with Crippen molar-refractivity contribution in [1.29, 1.82) is 0 Å². The second kappa shape index (κ2) is 12.6. The van der Waals surface area contributed by atoms with Crippen LogP contribution in [0.3, 0.4) is 0 Å². The minimum absolute atomic E-state index is 0.412. The van der Waals surface area contributed by atoms with Crippen LogP contribution in [0.1, 0.15) is 0 Å². The molecule has 0 bridgehead atoms. The van der Waals surface area contributed by atoms with E-state index in [-0.39, 0.29) is 0 Å². The van der Waals surface area contributed by atoms with E-state index in [1.54, 1.807) is 24.3 Å². The second-order valence-corrected chi connectivity index (χ2v) is 3.22. The van der Waals surface area contributed by atoms with Gasteiger partial charge in [-0.2, -0.15) is 0 Å². The number of rotatable bonds is 3. The SMILES string of the molecule is C=CC(=O)O.O=COc1ccccc1.c1ccccc1. The molecular weight excluding hydrogens is 256 g/mol. The fourth-order valence-corrected chi connectivity index (χ4v) is 0.940. The first kappa shape index (κ1) is 17.1. The smallest absolute Gasteiger partial charge is 0.327 e. The van der Waals surface area contributed by atoms with Crippen LogP contribution >= 0.6 is 0 Å². The van der Waals surface area contributed by atoms with Crippen LogP contribution in [0.15, 0.2) is 79.4 Å². The molecule has 4 nitrogen and oxygen atoms in total. The standard InChI is InChI=1S/C7H6O2.C6H6.C3H4O2/c8-6-9-7-4-2-1-3-5-7;1-2-4-6-5-3-1;1-2-3(4)5/h1-6H;1-6H;2H,1H2,(H,4,5). The molecule has 4 heteroatoms. The van der Waals surface area contributed by atoms with Crippen molar-refractivity contribution in [1.82, 2.24) is 0 Å². The van der Waals surface area contributed by atoms with Crippen LogP contribution < -0.4 is 4.74 Å². The van der Waals surface area contributed by atoms with E-state index >= 15 is 0 Å². The lowest BCUT2D eigenvalue weighted by Crippen LogP contribution is -1.85. The summed E-state index contributed by atoms with van der Waals surface area (Å²) in [5.41, 5.74) is 0. The van der Waals surface area contributed by atoms with Gasteiger partial charge >= 0.3 is 5.97 Å². The van der Waals surface area contributed by atoms with Gasteiger partial charge in [-0.1, -0.05) is 61.2 Å². The molecule has 0 aliphatic heterocycles. The van der Waals surface area contributed by atoms with Crippen molar-refractivity contribution in [3.8, 4) is 5.75 Å². The number of benzene rings is 2. The Morgan fingerprint density at radius 2 is 1.30 bits per heavy atom. The fraction of sp³-hybridized carbons (Fsp3) is 0. The number of carbonyl (C=O) groups excluding carboxylic acids is 1. The summed E-state index contributed by atoms with van der Waals surface area (Å²) in [7, 11) is 0. The summed E-state index contributed by atoms with van der Waals surface area (Å²) in [4.78, 5) is 19.0. The molecule has 0 unspecified atom stereocenters. The third kappa shape index (κ3) is 11.6. The number of aliphatic carboxylic acids is 1. The first-order valence-corrected chi connectivity index (χ1v) is 5.71. The first-order chi connectivity index (χ1) is 9.70. The van der Waals surface area contributed by atoms with Crippen molar-refractivity contribution >= 4 is 12.4 Å². The Hall–Kier alpha value is -2.88. The maximum Gasteiger partial charge on any atom is 0.327 e. The number of carboxylic acid groups (broad SMARTS) is 1. The van der Waals surface area contributed by atoms with E-state index in [0.29, 0.717) is 12.2 Å². The van der Waals surface area contributed by atoms with E-state index < -0.39 is 5.97 Å². The van der Waals surface area contributed by atoms with Gasteiger partial charge in [0.05, 0.1) is 0 Å². The summed E-state index contributed by atoms with van der Waals surface area (Å²) < 4.78 is 4.53. The molecule has 2 aromatic carbocycles. The summed E-state index contributed by atoms with van der Waals surface area (Å²) >= 11 is 0. The highest BCUT2D eigenvalue weighted by Crippen LogP contribution is 2.05. The van der Waals surface area contributed by atoms with Crippen molar-refractivity contribution in [3.05, 3.63) is 79.4 Å². The lowest BCUT2D eigenvalue weighted by atomic mass is 10.3. The molecule has 2 aromatic rings. The highest BCUT2D eigenvalue weighted by atomic mass is 16.5. The van der Waals surface area contributed by atoms with Gasteiger partial charge in [0.1, 0.15) is 5.75 Å². The molecule has 0 saturated carbocycles. The van der Waals surface area contributed by atoms with Crippen LogP contribution in [0.5, 0.6) is 5.75 Å². The Balaban J connectivity index is 0.000000288. The summed E-state index contributed by atoms with van der Waals surface area (Å²) in [5, 5.41) is 7.60. The molecule has 0 aromatic heterocycles. The minimum atomic E-state index is -0.981. The van der Waals surface area contributed by atoms with Crippen LogP contribution in [0.4, 0.5) is 0 Å². The molecule has 1 N–H and O–H groups in total. The fourth-order valence-electron chi connectivity index (χ4n) is 0.940. The highest BCUT2D eigenvalue weighted by Gasteiger charge is 1.84. The Bertz CT molecular complexity index is 454. The van der Waals surface area contributed by atoms with E-state index in [1.165, 1.54) is 0 Å². The van der Waals surface area contributed by atoms with E-state index in [2.05, 4.69) is 11.3 Å². The van der Waals surface area contributed by atoms with E-state index in [9.17, 15) is 9.59 Å². The average molecular weight is 272 g/mol. The molecule has 0 atom stereocenters. The quantitative estimate of drug-likeness (QED) is 0.688. The number of carboxylic acids is 1. The molecule has 0 spiro atoms. The van der Waals surface area contributed by atoms with Gasteiger partial charge < -0.3 is 9.84 Å². The number of hydrogen-bond acceptors (Lipinski definition) is 3. The van der Waals surface area contributed by atoms with Crippen LogP contribution in [-0.4, -0.2) is 17.5 Å². The number of hydrogen-bond donors (Lipinski definition) is 1. The summed E-state index contributed by atoms with van der Waals surface area (Å²) in [6, 6.07) is 20.9. The maximum absolute atomic E-state index is 9.75. The zero-order valence-corrected chi connectivity index (χ0v) is 10.9. The zero-order chi connectivity index (χ0) is 15.1. The Kier molecular flexibility index (Phi) is 10.8. The minimum Gasteiger partial charge on any atom is -0.478 e. The molecule has 0 amide bonds. The van der Waals surface area contributed by atoms with E-state index in [0.717, 1.165) is 6.08 Å². The molecule has 2 rings (SSSR count). The van der Waals surface area contributed by atoms with Crippen LogP contribution in [0, 0.1) is 0 Å². The molecule has 0 aliphatic carbocycles. The van der Waals surface area contributed by atoms with Gasteiger partial charge in [0.15, 0.2) is 0 Å². The van der Waals surface area contributed by atoms with Gasteiger partial charge in [0.2, 0.25) is 0 Å². The third-order valence-corrected chi connectivity index (χ3v) is 1.77. The number of ether oxygens (including phenoxy) is 1. The maximum atomic E-state index is 9.75. The summed E-state index contributed by atoms with van der Waals surface area (Å²) in [5.74, 6) is -0.405. The predicted octanol–water partition coefficient (Wildman–Crippen LogP) is 3.17. The van der Waals surface area contributed by atoms with Crippen molar-refractivity contribution in [2.45, 2.75) is 0 Å². The summed E-state index contributed by atoms with van der Waals surface area (Å²) in [6.07, 6.45) is 0.833. The van der Waals surface area contributed by atoms with E-state index in [4.69, 9.17) is 5.11 Å². The molecule has 0 radical (unpaired) electrons. The molecule has 0 aliphatic rings. The number of para-hydroxylation sites is 1. The van der Waals surface area contributed by atoms with Crippen molar-refractivity contribution in [2.24, 2.45) is 0 Å². The predicted molar refractivity (Wildman–Crippen MR) is 77.4 cm³/mol. The van der Waals surface area contributed by atoms with Gasteiger partial charge in [0.25, 0.3) is 6.47 Å². The highest BCUT2D eigenvalue weighted by molar-refractivity contribution is 5.78. The molecule has 0 heterocycles. The Morgan fingerprint density at radius 3 is 1.60 bits per heavy atom. The Labute approximate surface area is 118 Å². The van der Waals surface area contributed by atoms with Crippen LogP contribution in [0.2, 0.25) is 0 Å². The van der Waals surface area contributed by atoms with Gasteiger partial charge in [-0.3, -0.25) is 4.79 Å². The summed E-state index contributed by atoms with van der Waals surface area (Å²) in [6.45, 7) is 3.37. The molecule has 0 saturated heterocycles. The lowest BCUT2D eigenvalue weighted by molar-refractivity contribution is -0.131. The number of carbonyl (C=O) groups is 2.